The summed E-state index contributed by atoms with van der Waals surface area (Å²) in [6.45, 7) is 5.30. The molecule has 4 nitrogen and oxygen atoms in total. The van der Waals surface area contributed by atoms with Gasteiger partial charge >= 0.3 is 0 Å². The Bertz CT molecular complexity index is 441. The van der Waals surface area contributed by atoms with Crippen molar-refractivity contribution in [3.63, 3.8) is 0 Å². The molecule has 0 aliphatic rings. The van der Waals surface area contributed by atoms with Gasteiger partial charge in [0.2, 0.25) is 0 Å². The van der Waals surface area contributed by atoms with Gasteiger partial charge in [0.1, 0.15) is 5.75 Å². The van der Waals surface area contributed by atoms with Crippen LogP contribution in [0.5, 0.6) is 5.75 Å². The first-order valence-corrected chi connectivity index (χ1v) is 7.71. The number of hydrogen-bond acceptors (Lipinski definition) is 3. The Morgan fingerprint density at radius 3 is 2.90 bits per heavy atom. The van der Waals surface area contributed by atoms with Crippen LogP contribution in [0, 0.1) is 0 Å². The Morgan fingerprint density at radius 1 is 1.43 bits per heavy atom. The van der Waals surface area contributed by atoms with E-state index in [2.05, 4.69) is 28.3 Å². The van der Waals surface area contributed by atoms with E-state index in [0.717, 1.165) is 41.9 Å². The van der Waals surface area contributed by atoms with Crippen molar-refractivity contribution < 1.29 is 4.74 Å². The number of aliphatic imine (C=N–C) groups is 1. The van der Waals surface area contributed by atoms with Crippen LogP contribution in [-0.2, 0) is 6.54 Å². The monoisotopic (exact) mass is 421 g/mol. The largest absolute Gasteiger partial charge is 0.497 e. The van der Waals surface area contributed by atoms with E-state index >= 15 is 0 Å². The summed E-state index contributed by atoms with van der Waals surface area (Å²) in [4.78, 5) is 4.20. The number of thioether (sulfide) groups is 1. The Hall–Kier alpha value is -0.890. The minimum absolute atomic E-state index is 0. The summed E-state index contributed by atoms with van der Waals surface area (Å²) in [5.41, 5.74) is 1.16. The van der Waals surface area contributed by atoms with Crippen LogP contribution in [-0.4, -0.2) is 38.2 Å². The fourth-order valence-electron chi connectivity index (χ4n) is 1.60. The lowest BCUT2D eigenvalue weighted by molar-refractivity contribution is 0.414. The number of ether oxygens (including phenoxy) is 1. The van der Waals surface area contributed by atoms with E-state index in [1.165, 1.54) is 0 Å². The van der Waals surface area contributed by atoms with E-state index in [0.29, 0.717) is 0 Å². The van der Waals surface area contributed by atoms with Crippen LogP contribution in [0.1, 0.15) is 5.56 Å². The highest BCUT2D eigenvalue weighted by Gasteiger charge is 1.99. The molecule has 0 bridgehead atoms. The van der Waals surface area contributed by atoms with Crippen LogP contribution < -0.4 is 15.4 Å². The van der Waals surface area contributed by atoms with E-state index in [-0.39, 0.29) is 24.0 Å². The first-order valence-electron chi connectivity index (χ1n) is 6.56. The van der Waals surface area contributed by atoms with E-state index in [4.69, 9.17) is 4.74 Å². The quantitative estimate of drug-likeness (QED) is 0.223. The lowest BCUT2D eigenvalue weighted by atomic mass is 10.2. The molecule has 118 valence electrons. The molecule has 6 heteroatoms. The van der Waals surface area contributed by atoms with Crippen molar-refractivity contribution in [1.29, 1.82) is 0 Å². The van der Waals surface area contributed by atoms with E-state index in [1.807, 2.05) is 36.0 Å². The maximum atomic E-state index is 5.21. The lowest BCUT2D eigenvalue weighted by Crippen LogP contribution is -2.37. The molecule has 0 spiro atoms. The predicted molar refractivity (Wildman–Crippen MR) is 104 cm³/mol. The standard InChI is InChI=1S/C15H23N3OS.HI/c1-4-9-20-10-8-17-15(16-2)18-12-13-6-5-7-14(11-13)19-3;/h4-7,11H,1,8-10,12H2,2-3H3,(H2,16,17,18);1H. The van der Waals surface area contributed by atoms with Crippen molar-refractivity contribution in [1.82, 2.24) is 10.6 Å². The minimum atomic E-state index is 0. The molecular formula is C15H24IN3OS. The van der Waals surface area contributed by atoms with Crippen molar-refractivity contribution in [2.24, 2.45) is 4.99 Å². The van der Waals surface area contributed by atoms with Crippen LogP contribution in [0.4, 0.5) is 0 Å². The van der Waals surface area contributed by atoms with Crippen LogP contribution in [0.3, 0.4) is 0 Å². The normalized spacial score (nSPS) is 10.5. The summed E-state index contributed by atoms with van der Waals surface area (Å²) in [5, 5.41) is 6.56. The van der Waals surface area contributed by atoms with Gasteiger partial charge < -0.3 is 15.4 Å². The van der Waals surface area contributed by atoms with Gasteiger partial charge in [-0.3, -0.25) is 4.99 Å². The summed E-state index contributed by atoms with van der Waals surface area (Å²) >= 11 is 1.85. The fourth-order valence-corrected chi connectivity index (χ4v) is 2.18. The van der Waals surface area contributed by atoms with Crippen molar-refractivity contribution in [2.75, 3.05) is 32.2 Å². The van der Waals surface area contributed by atoms with Gasteiger partial charge in [0.05, 0.1) is 7.11 Å². The number of nitrogens with zero attached hydrogens (tertiary/aromatic N) is 1. The second-order valence-electron chi connectivity index (χ2n) is 4.07. The first kappa shape index (κ1) is 20.1. The number of guanidine groups is 1. The average molecular weight is 421 g/mol. The van der Waals surface area contributed by atoms with E-state index < -0.39 is 0 Å². The van der Waals surface area contributed by atoms with E-state index in [1.54, 1.807) is 14.2 Å². The van der Waals surface area contributed by atoms with Gasteiger partial charge in [-0.1, -0.05) is 18.2 Å². The van der Waals surface area contributed by atoms with Crippen LogP contribution in [0.2, 0.25) is 0 Å². The summed E-state index contributed by atoms with van der Waals surface area (Å²) < 4.78 is 5.21. The molecule has 0 saturated carbocycles. The molecule has 1 aromatic carbocycles. The molecule has 0 radical (unpaired) electrons. The minimum Gasteiger partial charge on any atom is -0.497 e. The topological polar surface area (TPSA) is 45.7 Å². The molecular weight excluding hydrogens is 397 g/mol. The first-order chi connectivity index (χ1) is 9.80. The molecule has 0 aliphatic heterocycles. The molecule has 0 aliphatic carbocycles. The Labute approximate surface area is 148 Å². The third-order valence-corrected chi connectivity index (χ3v) is 3.56. The highest BCUT2D eigenvalue weighted by Crippen LogP contribution is 2.11. The SMILES string of the molecule is C=CCSCCNC(=NC)NCc1cccc(OC)c1.I. The summed E-state index contributed by atoms with van der Waals surface area (Å²) in [6.07, 6.45) is 1.92. The summed E-state index contributed by atoms with van der Waals surface area (Å²) in [7, 11) is 3.45. The Morgan fingerprint density at radius 2 is 2.24 bits per heavy atom. The van der Waals surface area contributed by atoms with Crippen LogP contribution in [0.15, 0.2) is 41.9 Å². The van der Waals surface area contributed by atoms with Gasteiger partial charge in [0.25, 0.3) is 0 Å². The molecule has 0 heterocycles. The van der Waals surface area contributed by atoms with Crippen molar-refractivity contribution >= 4 is 41.7 Å². The molecule has 0 amide bonds. The van der Waals surface area contributed by atoms with Gasteiger partial charge in [0, 0.05) is 31.6 Å². The van der Waals surface area contributed by atoms with Gasteiger partial charge in [0.15, 0.2) is 5.96 Å². The molecule has 21 heavy (non-hydrogen) atoms. The number of rotatable bonds is 8. The van der Waals surface area contributed by atoms with Crippen LogP contribution in [0.25, 0.3) is 0 Å². The molecule has 1 aromatic rings. The Balaban J connectivity index is 0.00000400. The zero-order valence-corrected chi connectivity index (χ0v) is 15.7. The summed E-state index contributed by atoms with van der Waals surface area (Å²) in [5.74, 6) is 3.70. The number of halogens is 1. The third-order valence-electron chi connectivity index (χ3n) is 2.59. The van der Waals surface area contributed by atoms with Gasteiger partial charge in [-0.15, -0.1) is 30.6 Å². The van der Waals surface area contributed by atoms with Crippen molar-refractivity contribution in [3.05, 3.63) is 42.5 Å². The molecule has 2 N–H and O–H groups in total. The van der Waals surface area contributed by atoms with Gasteiger partial charge in [-0.25, -0.2) is 0 Å². The maximum absolute atomic E-state index is 5.21. The molecule has 0 atom stereocenters. The molecule has 0 aromatic heterocycles. The maximum Gasteiger partial charge on any atom is 0.191 e. The highest BCUT2D eigenvalue weighted by molar-refractivity contribution is 14.0. The number of benzene rings is 1. The zero-order valence-electron chi connectivity index (χ0n) is 12.6. The van der Waals surface area contributed by atoms with Gasteiger partial charge in [-0.05, 0) is 17.7 Å². The van der Waals surface area contributed by atoms with Crippen molar-refractivity contribution in [2.45, 2.75) is 6.54 Å². The molecule has 0 saturated heterocycles. The third kappa shape index (κ3) is 8.87. The summed E-state index contributed by atoms with van der Waals surface area (Å²) in [6, 6.07) is 7.99. The van der Waals surface area contributed by atoms with Crippen molar-refractivity contribution in [3.8, 4) is 5.75 Å². The average Bonchev–Trinajstić information content (AvgIpc) is 2.50. The highest BCUT2D eigenvalue weighted by atomic mass is 127. The fraction of sp³-hybridized carbons (Fsp3) is 0.400. The number of hydrogen-bond donors (Lipinski definition) is 2. The zero-order chi connectivity index (χ0) is 14.6. The lowest BCUT2D eigenvalue weighted by Gasteiger charge is -2.12. The molecule has 0 unspecified atom stereocenters. The Kier molecular flexibility index (Phi) is 12.3. The molecule has 1 rings (SSSR count). The predicted octanol–water partition coefficient (Wildman–Crippen LogP) is 2.90. The number of nitrogens with one attached hydrogen (secondary N) is 2. The smallest absolute Gasteiger partial charge is 0.191 e. The van der Waals surface area contributed by atoms with E-state index in [9.17, 15) is 0 Å². The second-order valence-corrected chi connectivity index (χ2v) is 5.22. The second kappa shape index (κ2) is 12.8. The van der Waals surface area contributed by atoms with Crippen LogP contribution >= 0.6 is 35.7 Å². The van der Waals surface area contributed by atoms with Gasteiger partial charge in [-0.2, -0.15) is 11.8 Å². The molecule has 0 fully saturated rings. The number of methoxy groups -OCH3 is 1.